The van der Waals surface area contributed by atoms with Gasteiger partial charge in [-0.3, -0.25) is 10.1 Å². The fourth-order valence-corrected chi connectivity index (χ4v) is 2.90. The van der Waals surface area contributed by atoms with Crippen LogP contribution in [0.15, 0.2) is 0 Å². The SMILES string of the molecule is CCCCCN(C)CC(NC1CC1)(C(=O)O)C1CC1. The van der Waals surface area contributed by atoms with Gasteiger partial charge in [0.15, 0.2) is 0 Å². The van der Waals surface area contributed by atoms with E-state index in [0.717, 1.165) is 38.6 Å². The molecule has 2 rings (SSSR count). The molecule has 0 amide bonds. The molecule has 4 nitrogen and oxygen atoms in total. The zero-order valence-corrected chi connectivity index (χ0v) is 12.3. The number of aliphatic carboxylic acids is 1. The molecule has 2 aliphatic rings. The minimum Gasteiger partial charge on any atom is -0.480 e. The highest BCUT2D eigenvalue weighted by atomic mass is 16.4. The quantitative estimate of drug-likeness (QED) is 0.596. The minimum absolute atomic E-state index is 0.333. The smallest absolute Gasteiger partial charge is 0.325 e. The van der Waals surface area contributed by atoms with E-state index in [0.29, 0.717) is 18.5 Å². The zero-order chi connectivity index (χ0) is 13.9. The third-order valence-electron chi connectivity index (χ3n) is 4.36. The third-order valence-corrected chi connectivity index (χ3v) is 4.36. The van der Waals surface area contributed by atoms with Crippen molar-refractivity contribution in [3.8, 4) is 0 Å². The Morgan fingerprint density at radius 3 is 2.47 bits per heavy atom. The molecule has 0 aromatic rings. The fraction of sp³-hybridized carbons (Fsp3) is 0.933. The number of nitrogens with zero attached hydrogens (tertiary/aromatic N) is 1. The number of carboxylic acids is 1. The summed E-state index contributed by atoms with van der Waals surface area (Å²) in [5, 5.41) is 13.2. The molecule has 110 valence electrons. The minimum atomic E-state index is -0.692. The standard InChI is InChI=1S/C15H28N2O2/c1-3-4-5-10-17(2)11-15(14(18)19,12-6-7-12)16-13-8-9-13/h12-13,16H,3-11H2,1-2H3,(H,18,19). The van der Waals surface area contributed by atoms with Gasteiger partial charge in [0, 0.05) is 12.6 Å². The molecule has 0 radical (unpaired) electrons. The lowest BCUT2D eigenvalue weighted by atomic mass is 9.92. The number of hydrogen-bond donors (Lipinski definition) is 2. The average Bonchev–Trinajstić information content (AvgIpc) is 3.21. The van der Waals surface area contributed by atoms with Crippen molar-refractivity contribution in [1.82, 2.24) is 10.2 Å². The van der Waals surface area contributed by atoms with Crippen molar-refractivity contribution in [2.45, 2.75) is 63.5 Å². The first-order chi connectivity index (χ1) is 9.08. The second-order valence-corrected chi connectivity index (χ2v) is 6.41. The number of rotatable bonds is 10. The Kier molecular flexibility index (Phi) is 4.85. The summed E-state index contributed by atoms with van der Waals surface area (Å²) in [4.78, 5) is 14.0. The number of carboxylic acid groups (broad SMARTS) is 1. The van der Waals surface area contributed by atoms with E-state index >= 15 is 0 Å². The van der Waals surface area contributed by atoms with Gasteiger partial charge in [-0.25, -0.2) is 0 Å². The molecule has 2 saturated carbocycles. The van der Waals surface area contributed by atoms with E-state index < -0.39 is 11.5 Å². The molecule has 2 N–H and O–H groups in total. The van der Waals surface area contributed by atoms with Gasteiger partial charge in [-0.1, -0.05) is 19.8 Å². The van der Waals surface area contributed by atoms with E-state index in [9.17, 15) is 9.90 Å². The lowest BCUT2D eigenvalue weighted by Crippen LogP contribution is -2.61. The molecule has 0 spiro atoms. The van der Waals surface area contributed by atoms with Crippen LogP contribution in [0.4, 0.5) is 0 Å². The molecule has 0 saturated heterocycles. The second kappa shape index (κ2) is 6.23. The summed E-state index contributed by atoms with van der Waals surface area (Å²) in [5.74, 6) is -0.316. The number of hydrogen-bond acceptors (Lipinski definition) is 3. The predicted molar refractivity (Wildman–Crippen MR) is 76.3 cm³/mol. The van der Waals surface area contributed by atoms with Crippen molar-refractivity contribution in [2.24, 2.45) is 5.92 Å². The number of nitrogens with one attached hydrogen (secondary N) is 1. The summed E-state index contributed by atoms with van der Waals surface area (Å²) in [6.07, 6.45) is 8.01. The summed E-state index contributed by atoms with van der Waals surface area (Å²) in [6, 6.07) is 0.445. The second-order valence-electron chi connectivity index (χ2n) is 6.41. The van der Waals surface area contributed by atoms with Crippen molar-refractivity contribution in [3.05, 3.63) is 0 Å². The van der Waals surface area contributed by atoms with Gasteiger partial charge >= 0.3 is 5.97 Å². The van der Waals surface area contributed by atoms with Crippen molar-refractivity contribution in [1.29, 1.82) is 0 Å². The Morgan fingerprint density at radius 1 is 1.32 bits per heavy atom. The van der Waals surface area contributed by atoms with E-state index in [2.05, 4.69) is 24.2 Å². The van der Waals surface area contributed by atoms with Crippen LogP contribution in [0.3, 0.4) is 0 Å². The first-order valence-electron chi connectivity index (χ1n) is 7.78. The molecule has 4 heteroatoms. The normalized spacial score (nSPS) is 22.5. The van der Waals surface area contributed by atoms with Crippen molar-refractivity contribution >= 4 is 5.97 Å². The number of likely N-dealkylation sites (N-methyl/N-ethyl adjacent to an activating group) is 1. The van der Waals surface area contributed by atoms with Crippen LogP contribution in [0.25, 0.3) is 0 Å². The Morgan fingerprint density at radius 2 is 2.00 bits per heavy atom. The summed E-state index contributed by atoms with van der Waals surface area (Å²) in [6.45, 7) is 3.84. The van der Waals surface area contributed by atoms with Crippen LogP contribution in [0.5, 0.6) is 0 Å². The fourth-order valence-electron chi connectivity index (χ4n) is 2.90. The molecule has 0 aromatic heterocycles. The first-order valence-corrected chi connectivity index (χ1v) is 7.78. The lowest BCUT2D eigenvalue weighted by Gasteiger charge is -2.35. The van der Waals surface area contributed by atoms with Gasteiger partial charge in [-0.2, -0.15) is 0 Å². The lowest BCUT2D eigenvalue weighted by molar-refractivity contribution is -0.147. The van der Waals surface area contributed by atoms with Gasteiger partial charge in [-0.15, -0.1) is 0 Å². The van der Waals surface area contributed by atoms with Gasteiger partial charge < -0.3 is 10.0 Å². The van der Waals surface area contributed by atoms with Crippen LogP contribution in [0.1, 0.15) is 51.9 Å². The van der Waals surface area contributed by atoms with Crippen LogP contribution < -0.4 is 5.32 Å². The topological polar surface area (TPSA) is 52.6 Å². The van der Waals surface area contributed by atoms with Crippen molar-refractivity contribution in [2.75, 3.05) is 20.1 Å². The van der Waals surface area contributed by atoms with Gasteiger partial charge in [0.2, 0.25) is 0 Å². The molecule has 19 heavy (non-hydrogen) atoms. The molecule has 2 fully saturated rings. The highest BCUT2D eigenvalue weighted by Gasteiger charge is 2.53. The molecule has 0 heterocycles. The van der Waals surface area contributed by atoms with Gasteiger partial charge in [0.05, 0.1) is 0 Å². The van der Waals surface area contributed by atoms with E-state index in [4.69, 9.17) is 0 Å². The summed E-state index contributed by atoms with van der Waals surface area (Å²) < 4.78 is 0. The molecule has 2 aliphatic carbocycles. The molecular weight excluding hydrogens is 240 g/mol. The van der Waals surface area contributed by atoms with E-state index in [1.165, 1.54) is 12.8 Å². The van der Waals surface area contributed by atoms with Gasteiger partial charge in [0.1, 0.15) is 5.54 Å². The van der Waals surface area contributed by atoms with Crippen molar-refractivity contribution in [3.63, 3.8) is 0 Å². The first kappa shape index (κ1) is 14.8. The van der Waals surface area contributed by atoms with E-state index in [1.807, 2.05) is 0 Å². The van der Waals surface area contributed by atoms with Crippen LogP contribution in [-0.2, 0) is 4.79 Å². The Hall–Kier alpha value is -0.610. The van der Waals surface area contributed by atoms with Gasteiger partial charge in [-0.05, 0) is 51.6 Å². The number of carbonyl (C=O) groups is 1. The predicted octanol–water partition coefficient (Wildman–Crippen LogP) is 2.09. The maximum Gasteiger partial charge on any atom is 0.325 e. The Bertz CT molecular complexity index is 313. The highest BCUT2D eigenvalue weighted by molar-refractivity contribution is 5.80. The van der Waals surface area contributed by atoms with Crippen molar-refractivity contribution < 1.29 is 9.90 Å². The molecule has 1 unspecified atom stereocenters. The molecule has 0 aromatic carbocycles. The maximum absolute atomic E-state index is 11.8. The Balaban J connectivity index is 1.93. The molecular formula is C15H28N2O2. The summed E-state index contributed by atoms with van der Waals surface area (Å²) >= 11 is 0. The van der Waals surface area contributed by atoms with E-state index in [-0.39, 0.29) is 0 Å². The summed E-state index contributed by atoms with van der Waals surface area (Å²) in [5.41, 5.74) is -0.692. The zero-order valence-electron chi connectivity index (χ0n) is 12.3. The Labute approximate surface area is 116 Å². The monoisotopic (exact) mass is 268 g/mol. The molecule has 1 atom stereocenters. The van der Waals surface area contributed by atoms with Crippen LogP contribution >= 0.6 is 0 Å². The highest BCUT2D eigenvalue weighted by Crippen LogP contribution is 2.42. The molecule has 0 aliphatic heterocycles. The van der Waals surface area contributed by atoms with Gasteiger partial charge in [0.25, 0.3) is 0 Å². The largest absolute Gasteiger partial charge is 0.480 e. The van der Waals surface area contributed by atoms with Crippen LogP contribution in [0, 0.1) is 5.92 Å². The maximum atomic E-state index is 11.8. The molecule has 0 bridgehead atoms. The van der Waals surface area contributed by atoms with Crippen LogP contribution in [-0.4, -0.2) is 47.7 Å². The number of unbranched alkanes of at least 4 members (excludes halogenated alkanes) is 2. The third kappa shape index (κ3) is 3.93. The van der Waals surface area contributed by atoms with E-state index in [1.54, 1.807) is 0 Å². The average molecular weight is 268 g/mol. The van der Waals surface area contributed by atoms with Crippen LogP contribution in [0.2, 0.25) is 0 Å². The summed E-state index contributed by atoms with van der Waals surface area (Å²) in [7, 11) is 2.06.